The molecule has 0 saturated carbocycles. The Labute approximate surface area is 98.0 Å². The molecule has 0 amide bonds. The van der Waals surface area contributed by atoms with Crippen LogP contribution in [0.15, 0.2) is 6.20 Å². The van der Waals surface area contributed by atoms with Crippen molar-refractivity contribution in [3.63, 3.8) is 0 Å². The second-order valence-corrected chi connectivity index (χ2v) is 3.43. The first-order valence-corrected chi connectivity index (χ1v) is 4.90. The summed E-state index contributed by atoms with van der Waals surface area (Å²) in [5.41, 5.74) is 0.730. The summed E-state index contributed by atoms with van der Waals surface area (Å²) in [5.74, 6) is -1.85. The van der Waals surface area contributed by atoms with Gasteiger partial charge >= 0.3 is 5.97 Å². The lowest BCUT2D eigenvalue weighted by atomic mass is 10.1. The highest BCUT2D eigenvalue weighted by Crippen LogP contribution is 2.07. The molecule has 6 nitrogen and oxygen atoms in total. The van der Waals surface area contributed by atoms with Crippen molar-refractivity contribution in [1.29, 1.82) is 0 Å². The van der Waals surface area contributed by atoms with E-state index < -0.39 is 24.0 Å². The molecule has 90 valence electrons. The van der Waals surface area contributed by atoms with Crippen molar-refractivity contribution in [2.45, 2.75) is 20.3 Å². The van der Waals surface area contributed by atoms with E-state index in [9.17, 15) is 14.4 Å². The minimum atomic E-state index is -1.02. The Morgan fingerprint density at radius 1 is 1.29 bits per heavy atom. The summed E-state index contributed by atoms with van der Waals surface area (Å²) in [6.45, 7) is 3.34. The molecule has 0 unspecified atom stereocenters. The largest absolute Gasteiger partial charge is 0.463 e. The Morgan fingerprint density at radius 2 is 1.94 bits per heavy atom. The summed E-state index contributed by atoms with van der Waals surface area (Å²) in [6.07, 6.45) is 0.824. The third-order valence-electron chi connectivity index (χ3n) is 2.13. The summed E-state index contributed by atoms with van der Waals surface area (Å²) in [7, 11) is 1.09. The number of esters is 1. The number of Topliss-reactive ketones (excluding diaryl/α,β-unsaturated/α-hetero) is 2. The summed E-state index contributed by atoms with van der Waals surface area (Å²) < 4.78 is 4.23. The van der Waals surface area contributed by atoms with E-state index in [1.807, 2.05) is 0 Å². The molecule has 1 heterocycles. The van der Waals surface area contributed by atoms with E-state index in [1.165, 1.54) is 6.20 Å². The molecule has 1 aromatic heterocycles. The van der Waals surface area contributed by atoms with Crippen LogP contribution in [-0.2, 0) is 14.3 Å². The number of ketones is 2. The fourth-order valence-electron chi connectivity index (χ4n) is 1.28. The van der Waals surface area contributed by atoms with E-state index in [4.69, 9.17) is 0 Å². The molecular weight excluding hydrogens is 224 g/mol. The van der Waals surface area contributed by atoms with E-state index in [-0.39, 0.29) is 5.56 Å². The summed E-state index contributed by atoms with van der Waals surface area (Å²) in [5, 5.41) is 0. The number of carbonyl (C=O) groups excluding carboxylic acids is 3. The summed E-state index contributed by atoms with van der Waals surface area (Å²) in [4.78, 5) is 41.6. The van der Waals surface area contributed by atoms with Crippen LogP contribution < -0.4 is 0 Å². The second-order valence-electron chi connectivity index (χ2n) is 3.43. The lowest BCUT2D eigenvalue weighted by Gasteiger charge is -2.03. The molecule has 1 aromatic rings. The third kappa shape index (κ3) is 3.17. The van der Waals surface area contributed by atoms with Gasteiger partial charge in [0.05, 0.1) is 24.8 Å². The fraction of sp³-hybridized carbons (Fsp3) is 0.364. The Morgan fingerprint density at radius 3 is 2.47 bits per heavy atom. The van der Waals surface area contributed by atoms with Gasteiger partial charge in [0, 0.05) is 6.20 Å². The monoisotopic (exact) mass is 236 g/mol. The average Bonchev–Trinajstić information content (AvgIpc) is 2.27. The van der Waals surface area contributed by atoms with Crippen molar-refractivity contribution in [2.24, 2.45) is 0 Å². The van der Waals surface area contributed by atoms with Crippen LogP contribution in [0.3, 0.4) is 0 Å². The molecular formula is C11H12N2O4. The van der Waals surface area contributed by atoms with Crippen LogP contribution in [0, 0.1) is 13.8 Å². The quantitative estimate of drug-likeness (QED) is 0.325. The van der Waals surface area contributed by atoms with Gasteiger partial charge in [-0.25, -0.2) is 14.8 Å². The number of aromatic nitrogens is 2. The number of ether oxygens (including phenoxy) is 1. The highest BCUT2D eigenvalue weighted by molar-refractivity contribution is 6.38. The van der Waals surface area contributed by atoms with Crippen LogP contribution in [0.2, 0.25) is 0 Å². The highest BCUT2D eigenvalue weighted by atomic mass is 16.5. The molecule has 0 saturated heterocycles. The zero-order chi connectivity index (χ0) is 13.0. The highest BCUT2D eigenvalue weighted by Gasteiger charge is 2.21. The molecule has 0 radical (unpaired) electrons. The zero-order valence-corrected chi connectivity index (χ0v) is 9.81. The number of methoxy groups -OCH3 is 1. The minimum Gasteiger partial charge on any atom is -0.463 e. The molecule has 0 N–H and O–H groups in total. The van der Waals surface area contributed by atoms with Gasteiger partial charge in [0.15, 0.2) is 5.78 Å². The van der Waals surface area contributed by atoms with Gasteiger partial charge in [0.1, 0.15) is 5.82 Å². The molecule has 0 atom stereocenters. The van der Waals surface area contributed by atoms with Crippen LogP contribution in [-0.4, -0.2) is 34.6 Å². The number of hydrogen-bond donors (Lipinski definition) is 0. The topological polar surface area (TPSA) is 86.2 Å². The van der Waals surface area contributed by atoms with Crippen molar-refractivity contribution in [3.8, 4) is 0 Å². The Hall–Kier alpha value is -2.11. The number of rotatable bonds is 4. The van der Waals surface area contributed by atoms with Crippen LogP contribution >= 0.6 is 0 Å². The maximum absolute atomic E-state index is 11.7. The predicted molar refractivity (Wildman–Crippen MR) is 57.5 cm³/mol. The van der Waals surface area contributed by atoms with Gasteiger partial charge in [-0.15, -0.1) is 0 Å². The first kappa shape index (κ1) is 13.0. The number of aryl methyl sites for hydroxylation is 2. The van der Waals surface area contributed by atoms with E-state index in [0.717, 1.165) is 7.11 Å². The Kier molecular flexibility index (Phi) is 4.03. The van der Waals surface area contributed by atoms with Crippen molar-refractivity contribution in [2.75, 3.05) is 7.11 Å². The lowest BCUT2D eigenvalue weighted by molar-refractivity contribution is -0.151. The smallest absolute Gasteiger partial charge is 0.374 e. The van der Waals surface area contributed by atoms with Crippen LogP contribution in [0.1, 0.15) is 28.3 Å². The Balaban J connectivity index is 2.84. The normalized spacial score (nSPS) is 9.82. The summed E-state index contributed by atoms with van der Waals surface area (Å²) in [6, 6.07) is 0. The molecule has 0 fully saturated rings. The van der Waals surface area contributed by atoms with Crippen molar-refractivity contribution >= 4 is 17.5 Å². The Bertz CT molecular complexity index is 482. The van der Waals surface area contributed by atoms with Crippen LogP contribution in [0.5, 0.6) is 0 Å². The maximum Gasteiger partial charge on any atom is 0.374 e. The van der Waals surface area contributed by atoms with E-state index in [0.29, 0.717) is 11.5 Å². The van der Waals surface area contributed by atoms with Gasteiger partial charge < -0.3 is 4.74 Å². The van der Waals surface area contributed by atoms with Crippen LogP contribution in [0.4, 0.5) is 0 Å². The van der Waals surface area contributed by atoms with Gasteiger partial charge in [-0.3, -0.25) is 9.59 Å². The van der Waals surface area contributed by atoms with Gasteiger partial charge in [-0.05, 0) is 13.8 Å². The second kappa shape index (κ2) is 5.29. The molecule has 0 aliphatic rings. The number of carbonyl (C=O) groups is 3. The zero-order valence-electron chi connectivity index (χ0n) is 9.81. The maximum atomic E-state index is 11.7. The van der Waals surface area contributed by atoms with Crippen molar-refractivity contribution in [3.05, 3.63) is 23.3 Å². The van der Waals surface area contributed by atoms with E-state index >= 15 is 0 Å². The number of hydrogen-bond acceptors (Lipinski definition) is 6. The van der Waals surface area contributed by atoms with Gasteiger partial charge in [0.2, 0.25) is 5.78 Å². The minimum absolute atomic E-state index is 0.243. The van der Waals surface area contributed by atoms with Crippen molar-refractivity contribution in [1.82, 2.24) is 9.97 Å². The first-order chi connectivity index (χ1) is 7.95. The third-order valence-corrected chi connectivity index (χ3v) is 2.13. The molecule has 17 heavy (non-hydrogen) atoms. The first-order valence-electron chi connectivity index (χ1n) is 4.90. The van der Waals surface area contributed by atoms with Gasteiger partial charge in [-0.1, -0.05) is 0 Å². The van der Waals surface area contributed by atoms with E-state index in [1.54, 1.807) is 13.8 Å². The number of nitrogens with zero attached hydrogens (tertiary/aromatic N) is 2. The summed E-state index contributed by atoms with van der Waals surface area (Å²) >= 11 is 0. The lowest BCUT2D eigenvalue weighted by Crippen LogP contribution is -2.20. The molecule has 0 aliphatic carbocycles. The molecule has 1 rings (SSSR count). The van der Waals surface area contributed by atoms with Gasteiger partial charge in [-0.2, -0.15) is 0 Å². The molecule has 6 heteroatoms. The predicted octanol–water partition coefficient (Wildman–Crippen LogP) is 0.408. The van der Waals surface area contributed by atoms with Gasteiger partial charge in [0.25, 0.3) is 0 Å². The molecule has 0 spiro atoms. The fourth-order valence-corrected chi connectivity index (χ4v) is 1.28. The average molecular weight is 236 g/mol. The van der Waals surface area contributed by atoms with Crippen LogP contribution in [0.25, 0.3) is 0 Å². The standard InChI is InChI=1S/C11H12N2O4/c1-6-8(5-12-7(2)13-6)9(14)4-10(15)11(16)17-3/h5H,4H2,1-3H3. The SMILES string of the molecule is COC(=O)C(=O)CC(=O)c1cnc(C)nc1C. The molecule has 0 aromatic carbocycles. The molecule has 0 bridgehead atoms. The van der Waals surface area contributed by atoms with E-state index in [2.05, 4.69) is 14.7 Å². The molecule has 0 aliphatic heterocycles. The van der Waals surface area contributed by atoms with Crippen molar-refractivity contribution < 1.29 is 19.1 Å².